The second kappa shape index (κ2) is 15.4. The van der Waals surface area contributed by atoms with Crippen molar-refractivity contribution in [1.29, 1.82) is 0 Å². The highest BCUT2D eigenvalue weighted by molar-refractivity contribution is 5.66. The number of aliphatic hydroxyl groups excluding tert-OH is 4. The maximum absolute atomic E-state index is 12.3. The Hall–Kier alpha value is -2.16. The molecule has 0 bridgehead atoms. The fraction of sp³-hybridized carbons (Fsp3) is 0.778. The Morgan fingerprint density at radius 1 is 1.10 bits per heavy atom. The molecule has 1 saturated heterocycles. The lowest BCUT2D eigenvalue weighted by molar-refractivity contribution is -0.320. The van der Waals surface area contributed by atoms with Crippen LogP contribution in [0.3, 0.4) is 0 Å². The van der Waals surface area contributed by atoms with Gasteiger partial charge in [0.05, 0.1) is 37.6 Å². The maximum atomic E-state index is 12.3. The summed E-state index contributed by atoms with van der Waals surface area (Å²) in [5, 5.41) is 46.7. The first-order chi connectivity index (χ1) is 22.4. The van der Waals surface area contributed by atoms with E-state index >= 15 is 0 Å². The van der Waals surface area contributed by atoms with E-state index in [2.05, 4.69) is 12.7 Å². The molecule has 48 heavy (non-hydrogen) atoms. The van der Waals surface area contributed by atoms with E-state index in [1.54, 1.807) is 27.0 Å². The van der Waals surface area contributed by atoms with Crippen LogP contribution in [-0.2, 0) is 38.0 Å². The normalized spacial score (nSPS) is 40.2. The number of carbonyl (C=O) groups excluding carboxylic acids is 2. The van der Waals surface area contributed by atoms with Crippen molar-refractivity contribution in [3.8, 4) is 0 Å². The largest absolute Gasteiger partial charge is 0.465 e. The van der Waals surface area contributed by atoms with Crippen LogP contribution < -0.4 is 0 Å². The number of fused-ring (bicyclic) bond motifs is 2. The van der Waals surface area contributed by atoms with Crippen molar-refractivity contribution in [2.24, 2.45) is 29.1 Å². The van der Waals surface area contributed by atoms with Gasteiger partial charge < -0.3 is 48.8 Å². The Morgan fingerprint density at radius 3 is 2.40 bits per heavy atom. The first kappa shape index (κ1) is 38.6. The molecule has 0 unspecified atom stereocenters. The lowest BCUT2D eigenvalue weighted by Crippen LogP contribution is -2.62. The van der Waals surface area contributed by atoms with Crippen LogP contribution in [0.1, 0.15) is 67.7 Å². The van der Waals surface area contributed by atoms with Gasteiger partial charge in [-0.05, 0) is 57.4 Å². The Bertz CT molecular complexity index is 1240. The molecule has 1 heterocycles. The highest BCUT2D eigenvalue weighted by atomic mass is 16.7. The van der Waals surface area contributed by atoms with Gasteiger partial charge in [-0.25, -0.2) is 0 Å². The molecule has 3 aliphatic carbocycles. The number of hydrogen-bond donors (Lipinski definition) is 4. The average Bonchev–Trinajstić information content (AvgIpc) is 3.52. The van der Waals surface area contributed by atoms with Gasteiger partial charge in [0.2, 0.25) is 0 Å². The number of aliphatic hydroxyl groups is 4. The summed E-state index contributed by atoms with van der Waals surface area (Å²) in [5.74, 6) is -1.70. The second-order valence-electron chi connectivity index (χ2n) is 14.7. The van der Waals surface area contributed by atoms with Crippen LogP contribution in [0.5, 0.6) is 0 Å². The lowest BCUT2D eigenvalue weighted by Gasteiger charge is -2.47. The van der Waals surface area contributed by atoms with Crippen molar-refractivity contribution in [3.05, 3.63) is 35.5 Å². The third kappa shape index (κ3) is 7.91. The SMILES string of the molecule is C=CC(C)(C)OC[C@H]1O[C@H](O[C@@H]2C3=C([C@H](C)COC(C)=O)C[C@H](O)[C@]3(C)/C=C3/[C@@H](COC)CC[C@H]3[C@@H](C)[C@H]2O)[C@H](O)[C@H](OC(C)=O)[C@@H]1O. The third-order valence-corrected chi connectivity index (χ3v) is 10.8. The molecular weight excluding hydrogens is 624 g/mol. The van der Waals surface area contributed by atoms with E-state index in [9.17, 15) is 30.0 Å². The zero-order valence-electron chi connectivity index (χ0n) is 29.6. The first-order valence-electron chi connectivity index (χ1n) is 17.0. The van der Waals surface area contributed by atoms with Gasteiger partial charge in [-0.1, -0.05) is 37.1 Å². The van der Waals surface area contributed by atoms with E-state index in [4.69, 9.17) is 28.4 Å². The predicted octanol–water partition coefficient (Wildman–Crippen LogP) is 2.61. The average molecular weight is 681 g/mol. The molecule has 1 aliphatic heterocycles. The van der Waals surface area contributed by atoms with Crippen LogP contribution >= 0.6 is 0 Å². The fourth-order valence-electron chi connectivity index (χ4n) is 7.88. The van der Waals surface area contributed by atoms with Gasteiger partial charge in [-0.15, -0.1) is 6.58 Å². The zero-order valence-corrected chi connectivity index (χ0v) is 29.6. The molecule has 272 valence electrons. The van der Waals surface area contributed by atoms with Crippen LogP contribution in [0, 0.1) is 29.1 Å². The molecule has 1 saturated carbocycles. The van der Waals surface area contributed by atoms with E-state index in [1.165, 1.54) is 13.8 Å². The number of ether oxygens (including phenoxy) is 6. The Labute approximate surface area is 284 Å². The molecule has 13 atom stereocenters. The zero-order chi connectivity index (χ0) is 35.7. The van der Waals surface area contributed by atoms with Crippen molar-refractivity contribution >= 4 is 11.9 Å². The van der Waals surface area contributed by atoms with E-state index < -0.39 is 72.0 Å². The second-order valence-corrected chi connectivity index (χ2v) is 14.7. The number of methoxy groups -OCH3 is 1. The summed E-state index contributed by atoms with van der Waals surface area (Å²) in [7, 11) is 1.66. The summed E-state index contributed by atoms with van der Waals surface area (Å²) >= 11 is 0. The molecule has 4 aliphatic rings. The molecule has 0 aromatic rings. The fourth-order valence-corrected chi connectivity index (χ4v) is 7.88. The molecule has 0 aromatic heterocycles. The molecule has 12 heteroatoms. The number of carbonyl (C=O) groups is 2. The highest BCUT2D eigenvalue weighted by Crippen LogP contribution is 2.56. The van der Waals surface area contributed by atoms with Crippen molar-refractivity contribution in [1.82, 2.24) is 0 Å². The molecule has 4 N–H and O–H groups in total. The van der Waals surface area contributed by atoms with E-state index in [-0.39, 0.29) is 43.3 Å². The van der Waals surface area contributed by atoms with Gasteiger partial charge in [0.25, 0.3) is 0 Å². The van der Waals surface area contributed by atoms with Crippen molar-refractivity contribution in [3.63, 3.8) is 0 Å². The first-order valence-corrected chi connectivity index (χ1v) is 17.0. The van der Waals surface area contributed by atoms with E-state index in [0.29, 0.717) is 12.2 Å². The van der Waals surface area contributed by atoms with E-state index in [0.717, 1.165) is 24.0 Å². The summed E-state index contributed by atoms with van der Waals surface area (Å²) in [5.41, 5.74) is 0.746. The topological polar surface area (TPSA) is 170 Å². The molecule has 0 aromatic carbocycles. The summed E-state index contributed by atoms with van der Waals surface area (Å²) in [6, 6.07) is 0. The highest BCUT2D eigenvalue weighted by Gasteiger charge is 2.56. The van der Waals surface area contributed by atoms with Crippen LogP contribution in [-0.4, -0.2) is 114 Å². The van der Waals surface area contributed by atoms with Crippen LogP contribution in [0.25, 0.3) is 0 Å². The minimum atomic E-state index is -1.63. The van der Waals surface area contributed by atoms with Crippen LogP contribution in [0.2, 0.25) is 0 Å². The van der Waals surface area contributed by atoms with Crippen LogP contribution in [0.15, 0.2) is 35.5 Å². The number of rotatable bonds is 12. The predicted molar refractivity (Wildman–Crippen MR) is 174 cm³/mol. The van der Waals surface area contributed by atoms with Crippen LogP contribution in [0.4, 0.5) is 0 Å². The van der Waals surface area contributed by atoms with Crippen molar-refractivity contribution in [2.45, 2.75) is 122 Å². The monoisotopic (exact) mass is 680 g/mol. The Morgan fingerprint density at radius 2 is 1.79 bits per heavy atom. The molecular formula is C36H56O12. The third-order valence-electron chi connectivity index (χ3n) is 10.8. The molecule has 4 rings (SSSR count). The summed E-state index contributed by atoms with van der Waals surface area (Å²) < 4.78 is 35.1. The summed E-state index contributed by atoms with van der Waals surface area (Å²) in [6.07, 6.45) is -4.54. The van der Waals surface area contributed by atoms with Crippen molar-refractivity contribution < 1.29 is 58.4 Å². The summed E-state index contributed by atoms with van der Waals surface area (Å²) in [4.78, 5) is 23.8. The van der Waals surface area contributed by atoms with Gasteiger partial charge in [0, 0.05) is 38.2 Å². The van der Waals surface area contributed by atoms with Gasteiger partial charge in [0.15, 0.2) is 12.4 Å². The van der Waals surface area contributed by atoms with Gasteiger partial charge >= 0.3 is 11.9 Å². The number of hydrogen-bond acceptors (Lipinski definition) is 12. The Balaban J connectivity index is 1.82. The molecule has 0 amide bonds. The quantitative estimate of drug-likeness (QED) is 0.176. The Kier molecular flexibility index (Phi) is 12.4. The molecule has 0 spiro atoms. The minimum Gasteiger partial charge on any atom is -0.465 e. The molecule has 2 fully saturated rings. The number of esters is 2. The molecule has 12 nitrogen and oxygen atoms in total. The van der Waals surface area contributed by atoms with E-state index in [1.807, 2.05) is 20.8 Å². The van der Waals surface area contributed by atoms with Gasteiger partial charge in [-0.2, -0.15) is 0 Å². The minimum absolute atomic E-state index is 0.0190. The summed E-state index contributed by atoms with van der Waals surface area (Å²) in [6.45, 7) is 16.0. The molecule has 0 radical (unpaired) electrons. The van der Waals surface area contributed by atoms with Crippen molar-refractivity contribution in [2.75, 3.05) is 26.9 Å². The lowest BCUT2D eigenvalue weighted by atomic mass is 9.68. The smallest absolute Gasteiger partial charge is 0.303 e. The van der Waals surface area contributed by atoms with Gasteiger partial charge in [0.1, 0.15) is 24.4 Å². The standard InChI is InChI=1S/C36H56O12/c1-10-35(6,7)45-17-26-30(41)33(46-21(5)38)31(42)34(47-26)48-32-28-24(18(2)15-44-20(4)37)13-27(39)36(28,8)14-25-22(16-43-9)11-12-23(25)19(3)29(32)40/h10,14,18-19,22-23,26-27,29-34,39-42H,1,11-13,15-17H2,2-9H3/b25-14-/t18-,19-,22-,23+,26-,27+,29-,30-,31-,32-,33-,34-,36+/m1/s1. The van der Waals surface area contributed by atoms with Gasteiger partial charge in [-0.3, -0.25) is 9.59 Å². The maximum Gasteiger partial charge on any atom is 0.303 e.